The van der Waals surface area contributed by atoms with Crippen LogP contribution in [0.3, 0.4) is 0 Å². The maximum absolute atomic E-state index is 11.7. The number of alkyl halides is 1. The van der Waals surface area contributed by atoms with Crippen molar-refractivity contribution in [2.75, 3.05) is 13.2 Å². The minimum Gasteiger partial charge on any atom is -0.336 e. The van der Waals surface area contributed by atoms with Gasteiger partial charge < -0.3 is 10.6 Å². The minimum atomic E-state index is -0.559. The Hall–Kier alpha value is -1.65. The van der Waals surface area contributed by atoms with Crippen molar-refractivity contribution in [3.63, 3.8) is 0 Å². The number of nitrogens with one attached hydrogen (secondary N) is 2. The summed E-state index contributed by atoms with van der Waals surface area (Å²) in [4.78, 5) is 15.2. The largest absolute Gasteiger partial charge is 0.336 e. The Morgan fingerprint density at radius 1 is 1.53 bits per heavy atom. The first kappa shape index (κ1) is 11.4. The van der Waals surface area contributed by atoms with E-state index in [1.165, 1.54) is 0 Å². The number of aromatic nitrogens is 1. The Kier molecular flexibility index (Phi) is 4.53. The molecule has 1 aromatic rings. The molecular weight excluding hydrogens is 197 g/mol. The van der Waals surface area contributed by atoms with Gasteiger partial charge in [0.2, 0.25) is 0 Å². The Balaban J connectivity index is 2.37. The first-order valence-electron chi connectivity index (χ1n) is 4.72. The van der Waals surface area contributed by atoms with Crippen LogP contribution in [0.25, 0.3) is 0 Å². The normalized spacial score (nSPS) is 9.73. The van der Waals surface area contributed by atoms with Gasteiger partial charge in [-0.25, -0.2) is 9.18 Å². The van der Waals surface area contributed by atoms with Gasteiger partial charge in [-0.3, -0.25) is 4.98 Å². The molecule has 0 fully saturated rings. The highest BCUT2D eigenvalue weighted by atomic mass is 19.1. The summed E-state index contributed by atoms with van der Waals surface area (Å²) in [6.45, 7) is 1.75. The lowest BCUT2D eigenvalue weighted by atomic mass is 10.2. The highest BCUT2D eigenvalue weighted by Crippen LogP contribution is 2.01. The smallest absolute Gasteiger partial charge is 0.315 e. The van der Waals surface area contributed by atoms with Crippen LogP contribution in [0.5, 0.6) is 0 Å². The lowest BCUT2D eigenvalue weighted by molar-refractivity contribution is 0.239. The second-order valence-corrected chi connectivity index (χ2v) is 3.07. The van der Waals surface area contributed by atoms with Gasteiger partial charge in [-0.05, 0) is 18.6 Å². The molecule has 5 heteroatoms. The fourth-order valence-electron chi connectivity index (χ4n) is 1.09. The van der Waals surface area contributed by atoms with Crippen LogP contribution in [-0.4, -0.2) is 24.2 Å². The van der Waals surface area contributed by atoms with Crippen LogP contribution in [0, 0.1) is 6.92 Å². The maximum atomic E-state index is 11.7. The van der Waals surface area contributed by atoms with Crippen molar-refractivity contribution < 1.29 is 9.18 Å². The molecule has 0 unspecified atom stereocenters. The van der Waals surface area contributed by atoms with E-state index in [4.69, 9.17) is 0 Å². The van der Waals surface area contributed by atoms with Gasteiger partial charge in [0, 0.05) is 12.7 Å². The van der Waals surface area contributed by atoms with Crippen molar-refractivity contribution in [3.8, 4) is 0 Å². The molecule has 0 saturated heterocycles. The highest BCUT2D eigenvalue weighted by Gasteiger charge is 2.01. The van der Waals surface area contributed by atoms with Gasteiger partial charge in [0.1, 0.15) is 6.67 Å². The van der Waals surface area contributed by atoms with Crippen LogP contribution >= 0.6 is 0 Å². The molecule has 82 valence electrons. The van der Waals surface area contributed by atoms with Crippen LogP contribution in [0.15, 0.2) is 18.3 Å². The molecule has 1 aromatic heterocycles. The van der Waals surface area contributed by atoms with Crippen molar-refractivity contribution in [1.82, 2.24) is 15.6 Å². The number of hydrogen-bond acceptors (Lipinski definition) is 2. The molecule has 0 atom stereocenters. The molecule has 15 heavy (non-hydrogen) atoms. The number of carbonyl (C=O) groups excluding carboxylic acids is 1. The zero-order chi connectivity index (χ0) is 11.1. The van der Waals surface area contributed by atoms with Gasteiger partial charge >= 0.3 is 6.03 Å². The van der Waals surface area contributed by atoms with Gasteiger partial charge in [0.15, 0.2) is 0 Å². The average molecular weight is 211 g/mol. The van der Waals surface area contributed by atoms with Crippen molar-refractivity contribution in [2.45, 2.75) is 13.5 Å². The van der Waals surface area contributed by atoms with Crippen molar-refractivity contribution in [1.29, 1.82) is 0 Å². The summed E-state index contributed by atoms with van der Waals surface area (Å²) >= 11 is 0. The maximum Gasteiger partial charge on any atom is 0.315 e. The SMILES string of the molecule is Cc1cccnc1CNC(=O)NCCF. The first-order valence-corrected chi connectivity index (χ1v) is 4.72. The zero-order valence-corrected chi connectivity index (χ0v) is 8.59. The van der Waals surface area contributed by atoms with E-state index in [1.54, 1.807) is 6.20 Å². The van der Waals surface area contributed by atoms with Crippen molar-refractivity contribution >= 4 is 6.03 Å². The fraction of sp³-hybridized carbons (Fsp3) is 0.400. The summed E-state index contributed by atoms with van der Waals surface area (Å²) < 4.78 is 11.7. The van der Waals surface area contributed by atoms with E-state index in [9.17, 15) is 9.18 Å². The van der Waals surface area contributed by atoms with Gasteiger partial charge in [0.05, 0.1) is 12.2 Å². The summed E-state index contributed by atoms with van der Waals surface area (Å²) in [5.41, 5.74) is 1.83. The predicted octanol–water partition coefficient (Wildman–Crippen LogP) is 1.16. The van der Waals surface area contributed by atoms with E-state index in [2.05, 4.69) is 15.6 Å². The minimum absolute atomic E-state index is 0.0348. The second kappa shape index (κ2) is 5.95. The summed E-state index contributed by atoms with van der Waals surface area (Å²) in [6.07, 6.45) is 1.67. The number of rotatable bonds is 4. The third-order valence-electron chi connectivity index (χ3n) is 1.91. The lowest BCUT2D eigenvalue weighted by Crippen LogP contribution is -2.36. The number of pyridine rings is 1. The Morgan fingerprint density at radius 3 is 3.00 bits per heavy atom. The summed E-state index contributed by atoms with van der Waals surface area (Å²) in [6, 6.07) is 3.38. The number of urea groups is 1. The number of aryl methyl sites for hydroxylation is 1. The molecule has 0 spiro atoms. The van der Waals surface area contributed by atoms with Crippen LogP contribution in [0.1, 0.15) is 11.3 Å². The zero-order valence-electron chi connectivity index (χ0n) is 8.59. The van der Waals surface area contributed by atoms with E-state index >= 15 is 0 Å². The van der Waals surface area contributed by atoms with Crippen LogP contribution in [0.4, 0.5) is 9.18 Å². The summed E-state index contributed by atoms with van der Waals surface area (Å²) in [7, 11) is 0. The number of halogens is 1. The third kappa shape index (κ3) is 3.93. The molecule has 2 N–H and O–H groups in total. The van der Waals surface area contributed by atoms with E-state index in [0.29, 0.717) is 6.54 Å². The van der Waals surface area contributed by atoms with E-state index in [-0.39, 0.29) is 12.6 Å². The standard InChI is InChI=1S/C10H14FN3O/c1-8-3-2-5-12-9(8)7-14-10(15)13-6-4-11/h2-3,5H,4,6-7H2,1H3,(H2,13,14,15). The van der Waals surface area contributed by atoms with Crippen LogP contribution in [0.2, 0.25) is 0 Å². The summed E-state index contributed by atoms with van der Waals surface area (Å²) in [5, 5.41) is 4.96. The molecule has 2 amide bonds. The molecule has 0 aliphatic rings. The molecule has 0 saturated carbocycles. The monoisotopic (exact) mass is 211 g/mol. The van der Waals surface area contributed by atoms with E-state index in [0.717, 1.165) is 11.3 Å². The predicted molar refractivity (Wildman–Crippen MR) is 55.2 cm³/mol. The second-order valence-electron chi connectivity index (χ2n) is 3.07. The van der Waals surface area contributed by atoms with Crippen LogP contribution in [-0.2, 0) is 6.54 Å². The number of amides is 2. The van der Waals surface area contributed by atoms with Crippen molar-refractivity contribution in [2.24, 2.45) is 0 Å². The molecule has 0 aliphatic carbocycles. The number of carbonyl (C=O) groups is 1. The van der Waals surface area contributed by atoms with E-state index < -0.39 is 6.67 Å². The quantitative estimate of drug-likeness (QED) is 0.785. The molecular formula is C10H14FN3O. The fourth-order valence-corrected chi connectivity index (χ4v) is 1.09. The molecule has 0 aliphatic heterocycles. The number of nitrogens with zero attached hydrogens (tertiary/aromatic N) is 1. The first-order chi connectivity index (χ1) is 7.24. The summed E-state index contributed by atoms with van der Waals surface area (Å²) in [5.74, 6) is 0. The average Bonchev–Trinajstić information content (AvgIpc) is 2.25. The van der Waals surface area contributed by atoms with E-state index in [1.807, 2.05) is 19.1 Å². The lowest BCUT2D eigenvalue weighted by Gasteiger charge is -2.07. The molecule has 4 nitrogen and oxygen atoms in total. The Bertz CT molecular complexity index is 330. The molecule has 0 radical (unpaired) electrons. The molecule has 1 heterocycles. The van der Waals surface area contributed by atoms with Gasteiger partial charge in [-0.1, -0.05) is 6.07 Å². The van der Waals surface area contributed by atoms with Gasteiger partial charge in [0.25, 0.3) is 0 Å². The highest BCUT2D eigenvalue weighted by molar-refractivity contribution is 5.73. The molecule has 0 aromatic carbocycles. The van der Waals surface area contributed by atoms with Crippen molar-refractivity contribution in [3.05, 3.63) is 29.6 Å². The topological polar surface area (TPSA) is 54.0 Å². The number of hydrogen-bond donors (Lipinski definition) is 2. The van der Waals surface area contributed by atoms with Gasteiger partial charge in [-0.2, -0.15) is 0 Å². The van der Waals surface area contributed by atoms with Crippen LogP contribution < -0.4 is 10.6 Å². The Morgan fingerprint density at radius 2 is 2.33 bits per heavy atom. The molecule has 1 rings (SSSR count). The third-order valence-corrected chi connectivity index (χ3v) is 1.91. The molecule has 0 bridgehead atoms. The Labute approximate surface area is 87.9 Å². The van der Waals surface area contributed by atoms with Gasteiger partial charge in [-0.15, -0.1) is 0 Å².